The molecular weight excluding hydrogens is 312 g/mol. The van der Waals surface area contributed by atoms with Crippen LogP contribution in [0.25, 0.3) is 0 Å². The van der Waals surface area contributed by atoms with Crippen molar-refractivity contribution in [1.29, 1.82) is 0 Å². The van der Waals surface area contributed by atoms with Crippen LogP contribution in [0.2, 0.25) is 0 Å². The largest absolute Gasteiger partial charge is 0.335 e. The van der Waals surface area contributed by atoms with E-state index in [1.807, 2.05) is 44.7 Å². The van der Waals surface area contributed by atoms with Gasteiger partial charge >= 0.3 is 0 Å². The van der Waals surface area contributed by atoms with Gasteiger partial charge < -0.3 is 10.6 Å². The third-order valence-corrected chi connectivity index (χ3v) is 6.61. The number of carbonyl (C=O) groups excluding carboxylic acids is 1. The van der Waals surface area contributed by atoms with Crippen LogP contribution < -0.4 is 5.73 Å². The maximum Gasteiger partial charge on any atom is 0.236 e. The smallest absolute Gasteiger partial charge is 0.236 e. The highest BCUT2D eigenvalue weighted by Crippen LogP contribution is 2.35. The molecule has 0 radical (unpaired) electrons. The molecule has 0 saturated heterocycles. The lowest BCUT2D eigenvalue weighted by atomic mass is 10.1. The van der Waals surface area contributed by atoms with Crippen LogP contribution in [-0.4, -0.2) is 34.4 Å². The van der Waals surface area contributed by atoms with Crippen molar-refractivity contribution >= 4 is 27.5 Å². The molecular formula is C17H28N2OS2. The zero-order valence-corrected chi connectivity index (χ0v) is 15.7. The molecule has 5 heteroatoms. The topological polar surface area (TPSA) is 46.3 Å². The molecule has 0 bridgehead atoms. The van der Waals surface area contributed by atoms with E-state index in [9.17, 15) is 4.79 Å². The molecule has 2 N–H and O–H groups in total. The fourth-order valence-corrected chi connectivity index (χ4v) is 4.42. The van der Waals surface area contributed by atoms with Gasteiger partial charge in [-0.25, -0.2) is 0 Å². The van der Waals surface area contributed by atoms with Crippen molar-refractivity contribution in [2.45, 2.75) is 44.9 Å². The van der Waals surface area contributed by atoms with Crippen LogP contribution in [0.4, 0.5) is 0 Å². The van der Waals surface area contributed by atoms with Crippen LogP contribution in [-0.2, 0) is 4.79 Å². The minimum atomic E-state index is 0.0184. The number of hydrogen-bond donors (Lipinski definition) is 1. The Balaban J connectivity index is 2.53. The lowest BCUT2D eigenvalue weighted by Gasteiger charge is -2.29. The van der Waals surface area contributed by atoms with Crippen molar-refractivity contribution < 1.29 is 4.79 Å². The highest BCUT2D eigenvalue weighted by atomic mass is 33.1. The molecule has 1 amide bonds. The summed E-state index contributed by atoms with van der Waals surface area (Å²) in [6.45, 7) is 9.54. The van der Waals surface area contributed by atoms with Crippen molar-refractivity contribution in [3.8, 4) is 0 Å². The molecule has 0 heterocycles. The van der Waals surface area contributed by atoms with E-state index in [2.05, 4.69) is 39.8 Å². The van der Waals surface area contributed by atoms with Crippen LogP contribution in [0.15, 0.2) is 30.3 Å². The summed E-state index contributed by atoms with van der Waals surface area (Å²) < 4.78 is 0.273. The van der Waals surface area contributed by atoms with E-state index in [4.69, 9.17) is 5.73 Å². The molecule has 0 aliphatic rings. The number of amides is 1. The Morgan fingerprint density at radius 3 is 2.45 bits per heavy atom. The predicted octanol–water partition coefficient (Wildman–Crippen LogP) is 4.10. The van der Waals surface area contributed by atoms with Gasteiger partial charge in [0.2, 0.25) is 5.91 Å². The highest BCUT2D eigenvalue weighted by Gasteiger charge is 2.20. The molecule has 0 aliphatic carbocycles. The number of carbonyl (C=O) groups is 1. The maximum absolute atomic E-state index is 12.1. The van der Waals surface area contributed by atoms with Crippen molar-refractivity contribution in [2.24, 2.45) is 5.73 Å². The Bertz CT molecular complexity index is 446. The number of nitrogens with zero attached hydrogens (tertiary/aromatic N) is 1. The van der Waals surface area contributed by atoms with E-state index in [0.717, 1.165) is 24.3 Å². The Kier molecular flexibility index (Phi) is 8.36. The van der Waals surface area contributed by atoms with E-state index >= 15 is 0 Å². The first kappa shape index (κ1) is 19.4. The summed E-state index contributed by atoms with van der Waals surface area (Å²) in [5.41, 5.74) is 6.73. The molecule has 0 fully saturated rings. The summed E-state index contributed by atoms with van der Waals surface area (Å²) in [7, 11) is 3.77. The van der Waals surface area contributed by atoms with E-state index in [0.29, 0.717) is 0 Å². The van der Waals surface area contributed by atoms with Gasteiger partial charge in [-0.2, -0.15) is 0 Å². The summed E-state index contributed by atoms with van der Waals surface area (Å²) >= 11 is 0. The zero-order valence-electron chi connectivity index (χ0n) is 14.0. The summed E-state index contributed by atoms with van der Waals surface area (Å²) in [4.78, 5) is 14.0. The summed E-state index contributed by atoms with van der Waals surface area (Å²) in [6.07, 6.45) is 0.983. The molecule has 124 valence electrons. The van der Waals surface area contributed by atoms with Gasteiger partial charge in [-0.05, 0) is 18.9 Å². The van der Waals surface area contributed by atoms with Crippen LogP contribution in [0.1, 0.15) is 45.7 Å². The third-order valence-electron chi connectivity index (χ3n) is 3.18. The molecule has 0 spiro atoms. The van der Waals surface area contributed by atoms with Crippen LogP contribution in [0.3, 0.4) is 0 Å². The average molecular weight is 341 g/mol. The minimum absolute atomic E-state index is 0.0184. The van der Waals surface area contributed by atoms with E-state index < -0.39 is 0 Å². The van der Waals surface area contributed by atoms with Crippen molar-refractivity contribution in [2.75, 3.05) is 18.8 Å². The van der Waals surface area contributed by atoms with Gasteiger partial charge in [0.05, 0.1) is 12.6 Å². The average Bonchev–Trinajstić information content (AvgIpc) is 2.49. The normalized spacial score (nSPS) is 13.0. The zero-order chi connectivity index (χ0) is 16.6. The number of rotatable bonds is 8. The van der Waals surface area contributed by atoms with Gasteiger partial charge in [-0.3, -0.25) is 4.79 Å². The molecule has 1 atom stereocenters. The maximum atomic E-state index is 12.1. The van der Waals surface area contributed by atoms with Gasteiger partial charge in [0.15, 0.2) is 0 Å². The van der Waals surface area contributed by atoms with Crippen LogP contribution in [0.5, 0.6) is 0 Å². The highest BCUT2D eigenvalue weighted by molar-refractivity contribution is 8.77. The second-order valence-electron chi connectivity index (χ2n) is 6.25. The predicted molar refractivity (Wildman–Crippen MR) is 100 cm³/mol. The van der Waals surface area contributed by atoms with Crippen LogP contribution >= 0.6 is 21.6 Å². The van der Waals surface area contributed by atoms with Gasteiger partial charge in [0, 0.05) is 17.0 Å². The summed E-state index contributed by atoms with van der Waals surface area (Å²) in [6, 6.07) is 10.2. The Hall–Kier alpha value is -0.650. The molecule has 22 heavy (non-hydrogen) atoms. The molecule has 1 aromatic rings. The first-order valence-electron chi connectivity index (χ1n) is 7.70. The molecule has 0 saturated carbocycles. The first-order chi connectivity index (χ1) is 10.3. The van der Waals surface area contributed by atoms with Crippen molar-refractivity contribution in [3.05, 3.63) is 35.9 Å². The van der Waals surface area contributed by atoms with Gasteiger partial charge in [0.1, 0.15) is 0 Å². The molecule has 1 aromatic carbocycles. The summed E-state index contributed by atoms with van der Waals surface area (Å²) in [5.74, 6) is 1.06. The molecule has 3 nitrogen and oxygen atoms in total. The summed E-state index contributed by atoms with van der Waals surface area (Å²) in [5, 5.41) is 0. The fraction of sp³-hybridized carbons (Fsp3) is 0.588. The van der Waals surface area contributed by atoms with Crippen molar-refractivity contribution in [1.82, 2.24) is 4.90 Å². The monoisotopic (exact) mass is 340 g/mol. The molecule has 0 aromatic heterocycles. The van der Waals surface area contributed by atoms with E-state index in [-0.39, 0.29) is 23.2 Å². The molecule has 1 rings (SSSR count). The van der Waals surface area contributed by atoms with Gasteiger partial charge in [0.25, 0.3) is 0 Å². The molecule has 1 unspecified atom stereocenters. The fourth-order valence-electron chi connectivity index (χ4n) is 2.08. The number of hydrogen-bond acceptors (Lipinski definition) is 4. The van der Waals surface area contributed by atoms with E-state index in [1.54, 1.807) is 0 Å². The molecule has 0 aliphatic heterocycles. The number of benzene rings is 1. The van der Waals surface area contributed by atoms with E-state index in [1.165, 1.54) is 0 Å². The van der Waals surface area contributed by atoms with Crippen LogP contribution in [0, 0.1) is 0 Å². The Labute approximate surface area is 142 Å². The second kappa shape index (κ2) is 9.48. The Morgan fingerprint density at radius 1 is 1.27 bits per heavy atom. The third kappa shape index (κ3) is 7.07. The number of nitrogens with two attached hydrogens (primary N) is 1. The Morgan fingerprint density at radius 2 is 1.91 bits per heavy atom. The second-order valence-corrected chi connectivity index (χ2v) is 9.49. The lowest BCUT2D eigenvalue weighted by molar-refractivity contribution is -0.131. The lowest BCUT2D eigenvalue weighted by Crippen LogP contribution is -2.38. The first-order valence-corrected chi connectivity index (χ1v) is 10.0. The van der Waals surface area contributed by atoms with Crippen molar-refractivity contribution in [3.63, 3.8) is 0 Å². The quantitative estimate of drug-likeness (QED) is 0.571. The SMILES string of the molecule is CC(c1ccccc1)N(CCCSSC(C)(C)C)C(=O)CN. The van der Waals surface area contributed by atoms with Gasteiger partial charge in [-0.15, -0.1) is 0 Å². The standard InChI is InChI=1S/C17H28N2OS2/c1-14(15-9-6-5-7-10-15)19(16(20)13-18)11-8-12-21-22-17(2,3)4/h5-7,9-10,14H,8,11-13,18H2,1-4H3. The minimum Gasteiger partial charge on any atom is -0.335 e. The van der Waals surface area contributed by atoms with Gasteiger partial charge in [-0.1, -0.05) is 72.7 Å².